The number of carbonyl (C=O) groups excluding carboxylic acids is 1. The van der Waals surface area contributed by atoms with Crippen LogP contribution in [-0.4, -0.2) is 16.2 Å². The normalized spacial score (nSPS) is 12.0. The molecule has 3 rings (SSSR count). The molecule has 25 heavy (non-hydrogen) atoms. The first kappa shape index (κ1) is 16.8. The summed E-state index contributed by atoms with van der Waals surface area (Å²) in [6, 6.07) is 10.3. The van der Waals surface area contributed by atoms with Gasteiger partial charge < -0.3 is 9.15 Å². The lowest BCUT2D eigenvalue weighted by Crippen LogP contribution is -2.10. The third kappa shape index (κ3) is 3.71. The fourth-order valence-corrected chi connectivity index (χ4v) is 2.11. The zero-order valence-corrected chi connectivity index (χ0v) is 13.5. The number of hydrogen-bond acceptors (Lipinski definition) is 5. The van der Waals surface area contributed by atoms with E-state index in [1.807, 2.05) is 31.2 Å². The van der Waals surface area contributed by atoms with E-state index in [1.54, 1.807) is 6.92 Å². The highest BCUT2D eigenvalue weighted by molar-refractivity contribution is 5.89. The van der Waals surface area contributed by atoms with Gasteiger partial charge in [-0.2, -0.15) is 0 Å². The van der Waals surface area contributed by atoms with Crippen LogP contribution in [0.25, 0.3) is 11.5 Å². The fourth-order valence-electron chi connectivity index (χ4n) is 2.11. The van der Waals surface area contributed by atoms with Crippen molar-refractivity contribution in [3.05, 3.63) is 71.1 Å². The van der Waals surface area contributed by atoms with Gasteiger partial charge in [-0.15, -0.1) is 10.2 Å². The lowest BCUT2D eigenvalue weighted by molar-refractivity contribution is 0.0279. The predicted octanol–water partition coefficient (Wildman–Crippen LogP) is 4.24. The second-order valence-electron chi connectivity index (χ2n) is 5.49. The van der Waals surface area contributed by atoms with Crippen LogP contribution in [-0.2, 0) is 4.74 Å². The number of nitrogens with zero attached hydrogens (tertiary/aromatic N) is 2. The Kier molecular flexibility index (Phi) is 4.56. The van der Waals surface area contributed by atoms with Crippen molar-refractivity contribution < 1.29 is 22.7 Å². The number of rotatable bonds is 4. The second kappa shape index (κ2) is 6.80. The number of aromatic nitrogens is 2. The molecule has 0 amide bonds. The Bertz CT molecular complexity index is 907. The van der Waals surface area contributed by atoms with E-state index in [2.05, 4.69) is 10.2 Å². The molecule has 1 atom stereocenters. The highest BCUT2D eigenvalue weighted by Gasteiger charge is 2.20. The minimum Gasteiger partial charge on any atom is -0.449 e. The van der Waals surface area contributed by atoms with Gasteiger partial charge in [0.2, 0.25) is 5.89 Å². The van der Waals surface area contributed by atoms with Gasteiger partial charge in [0.15, 0.2) is 17.7 Å². The quantitative estimate of drug-likeness (QED) is 0.662. The molecule has 5 nitrogen and oxygen atoms in total. The summed E-state index contributed by atoms with van der Waals surface area (Å²) in [7, 11) is 0. The summed E-state index contributed by atoms with van der Waals surface area (Å²) in [6.07, 6.45) is -0.840. The van der Waals surface area contributed by atoms with Crippen LogP contribution >= 0.6 is 0 Å². The summed E-state index contributed by atoms with van der Waals surface area (Å²) in [4.78, 5) is 12.0. The van der Waals surface area contributed by atoms with Gasteiger partial charge in [0.05, 0.1) is 5.56 Å². The lowest BCUT2D eigenvalue weighted by Gasteiger charge is -2.09. The molecule has 0 radical (unpaired) electrons. The van der Waals surface area contributed by atoms with E-state index in [0.29, 0.717) is 5.89 Å². The van der Waals surface area contributed by atoms with Gasteiger partial charge in [0.1, 0.15) is 0 Å². The summed E-state index contributed by atoms with van der Waals surface area (Å²) < 4.78 is 36.8. The van der Waals surface area contributed by atoms with Crippen LogP contribution in [0.1, 0.15) is 34.8 Å². The molecule has 0 bridgehead atoms. The topological polar surface area (TPSA) is 65.2 Å². The Hall–Kier alpha value is -3.09. The standard InChI is InChI=1S/C18H14F2N2O3/c1-10-3-5-12(6-4-10)17-22-21-16(25-17)11(2)24-18(23)13-7-8-14(19)15(20)9-13/h3-9,11H,1-2H3/t11-/m0/s1. The van der Waals surface area contributed by atoms with Crippen molar-refractivity contribution in [1.29, 1.82) is 0 Å². The van der Waals surface area contributed by atoms with Crippen LogP contribution in [0.3, 0.4) is 0 Å². The number of hydrogen-bond donors (Lipinski definition) is 0. The predicted molar refractivity (Wildman–Crippen MR) is 84.7 cm³/mol. The number of benzene rings is 2. The molecule has 2 aromatic carbocycles. The van der Waals surface area contributed by atoms with Crippen molar-refractivity contribution in [2.24, 2.45) is 0 Å². The van der Waals surface area contributed by atoms with Crippen LogP contribution in [0, 0.1) is 18.6 Å². The van der Waals surface area contributed by atoms with E-state index in [-0.39, 0.29) is 11.5 Å². The van der Waals surface area contributed by atoms with Gasteiger partial charge in [-0.1, -0.05) is 17.7 Å². The minimum atomic E-state index is -1.12. The van der Waals surface area contributed by atoms with E-state index in [9.17, 15) is 13.6 Å². The van der Waals surface area contributed by atoms with Gasteiger partial charge in [-0.3, -0.25) is 0 Å². The first-order valence-electron chi connectivity index (χ1n) is 7.50. The molecule has 0 N–H and O–H groups in total. The molecule has 128 valence electrons. The van der Waals surface area contributed by atoms with Crippen molar-refractivity contribution in [1.82, 2.24) is 10.2 Å². The minimum absolute atomic E-state index is 0.103. The molecule has 0 unspecified atom stereocenters. The molecule has 0 saturated heterocycles. The summed E-state index contributed by atoms with van der Waals surface area (Å²) in [5, 5.41) is 7.79. The molecule has 1 aromatic heterocycles. The highest BCUT2D eigenvalue weighted by Crippen LogP contribution is 2.23. The molecular formula is C18H14F2N2O3. The largest absolute Gasteiger partial charge is 0.449 e. The Morgan fingerprint density at radius 2 is 1.80 bits per heavy atom. The number of ether oxygens (including phenoxy) is 1. The van der Waals surface area contributed by atoms with Crippen LogP contribution < -0.4 is 0 Å². The molecule has 0 aliphatic rings. The molecule has 0 saturated carbocycles. The number of aryl methyl sites for hydroxylation is 1. The van der Waals surface area contributed by atoms with E-state index >= 15 is 0 Å². The van der Waals surface area contributed by atoms with Gasteiger partial charge in [-0.25, -0.2) is 13.6 Å². The van der Waals surface area contributed by atoms with E-state index < -0.39 is 23.7 Å². The van der Waals surface area contributed by atoms with Crippen molar-refractivity contribution in [3.63, 3.8) is 0 Å². The van der Waals surface area contributed by atoms with Crippen molar-refractivity contribution in [2.45, 2.75) is 20.0 Å². The summed E-state index contributed by atoms with van der Waals surface area (Å²) in [5.41, 5.74) is 1.73. The molecule has 1 heterocycles. The van der Waals surface area contributed by atoms with Crippen LogP contribution in [0.15, 0.2) is 46.9 Å². The maximum absolute atomic E-state index is 13.2. The molecule has 0 aliphatic carbocycles. The Labute approximate surface area is 142 Å². The second-order valence-corrected chi connectivity index (χ2v) is 5.49. The van der Waals surface area contributed by atoms with Crippen LogP contribution in [0.2, 0.25) is 0 Å². The first-order valence-corrected chi connectivity index (χ1v) is 7.50. The Morgan fingerprint density at radius 3 is 2.48 bits per heavy atom. The Balaban J connectivity index is 1.73. The molecule has 0 spiro atoms. The van der Waals surface area contributed by atoms with Crippen LogP contribution in [0.5, 0.6) is 0 Å². The van der Waals surface area contributed by atoms with E-state index in [1.165, 1.54) is 0 Å². The van der Waals surface area contributed by atoms with Gasteiger partial charge >= 0.3 is 5.97 Å². The first-order chi connectivity index (χ1) is 11.9. The molecule has 0 aliphatic heterocycles. The summed E-state index contributed by atoms with van der Waals surface area (Å²) in [6.45, 7) is 3.51. The van der Waals surface area contributed by atoms with Crippen molar-refractivity contribution in [3.8, 4) is 11.5 Å². The van der Waals surface area contributed by atoms with E-state index in [4.69, 9.17) is 9.15 Å². The third-order valence-corrected chi connectivity index (χ3v) is 3.53. The molecule has 3 aromatic rings. The van der Waals surface area contributed by atoms with Crippen LogP contribution in [0.4, 0.5) is 8.78 Å². The molecular weight excluding hydrogens is 330 g/mol. The zero-order chi connectivity index (χ0) is 18.0. The maximum Gasteiger partial charge on any atom is 0.339 e. The highest BCUT2D eigenvalue weighted by atomic mass is 19.2. The summed E-state index contributed by atoms with van der Waals surface area (Å²) >= 11 is 0. The number of carbonyl (C=O) groups is 1. The van der Waals surface area contributed by atoms with Crippen molar-refractivity contribution >= 4 is 5.97 Å². The lowest BCUT2D eigenvalue weighted by atomic mass is 10.1. The average molecular weight is 344 g/mol. The fraction of sp³-hybridized carbons (Fsp3) is 0.167. The van der Waals surface area contributed by atoms with Gasteiger partial charge in [0, 0.05) is 5.56 Å². The maximum atomic E-state index is 13.2. The van der Waals surface area contributed by atoms with Crippen molar-refractivity contribution in [2.75, 3.05) is 0 Å². The average Bonchev–Trinajstić information content (AvgIpc) is 3.08. The van der Waals surface area contributed by atoms with Gasteiger partial charge in [-0.05, 0) is 44.2 Å². The molecule has 0 fully saturated rings. The molecule has 7 heteroatoms. The SMILES string of the molecule is Cc1ccc(-c2nnc([C@H](C)OC(=O)c3ccc(F)c(F)c3)o2)cc1. The third-order valence-electron chi connectivity index (χ3n) is 3.53. The smallest absolute Gasteiger partial charge is 0.339 e. The Morgan fingerprint density at radius 1 is 1.08 bits per heavy atom. The zero-order valence-electron chi connectivity index (χ0n) is 13.5. The number of halogens is 2. The van der Waals surface area contributed by atoms with Gasteiger partial charge in [0.25, 0.3) is 5.89 Å². The van der Waals surface area contributed by atoms with E-state index in [0.717, 1.165) is 29.3 Å². The summed E-state index contributed by atoms with van der Waals surface area (Å²) in [5.74, 6) is -2.58. The number of esters is 1. The monoisotopic (exact) mass is 344 g/mol.